The van der Waals surface area contributed by atoms with E-state index in [0.29, 0.717) is 10.7 Å². The molecule has 2 rings (SSSR count). The minimum Gasteiger partial charge on any atom is -0.380 e. The Morgan fingerprint density at radius 1 is 1.44 bits per heavy atom. The van der Waals surface area contributed by atoms with E-state index in [2.05, 4.69) is 9.88 Å². The summed E-state index contributed by atoms with van der Waals surface area (Å²) in [4.78, 5) is -0.164. The van der Waals surface area contributed by atoms with E-state index in [0.717, 1.165) is 0 Å². The zero-order valence-electron chi connectivity index (χ0n) is 9.34. The maximum absolute atomic E-state index is 12.1. The van der Waals surface area contributed by atoms with Gasteiger partial charge in [0.1, 0.15) is 0 Å². The van der Waals surface area contributed by atoms with Crippen molar-refractivity contribution in [2.24, 2.45) is 0 Å². The topological polar surface area (TPSA) is 98.2 Å². The largest absolute Gasteiger partial charge is 0.380 e. The van der Waals surface area contributed by atoms with E-state index in [4.69, 9.17) is 21.9 Å². The predicted molar refractivity (Wildman–Crippen MR) is 67.9 cm³/mol. The van der Waals surface area contributed by atoms with Crippen molar-refractivity contribution >= 4 is 33.1 Å². The molecule has 1 aromatic heterocycles. The number of hydrogen-bond donors (Lipinski definition) is 2. The summed E-state index contributed by atoms with van der Waals surface area (Å²) in [6.45, 7) is 1.47. The van der Waals surface area contributed by atoms with Crippen LogP contribution in [-0.4, -0.2) is 13.6 Å². The van der Waals surface area contributed by atoms with Gasteiger partial charge in [0.2, 0.25) is 0 Å². The molecular formula is C10H10ClN3O3S. The normalized spacial score (nSPS) is 11.4. The number of benzene rings is 1. The predicted octanol–water partition coefficient (Wildman–Crippen LogP) is 2.02. The third kappa shape index (κ3) is 2.41. The fourth-order valence-electron chi connectivity index (χ4n) is 1.47. The molecule has 8 heteroatoms. The molecule has 0 fully saturated rings. The van der Waals surface area contributed by atoms with Crippen LogP contribution < -0.4 is 10.5 Å². The van der Waals surface area contributed by atoms with Crippen molar-refractivity contribution < 1.29 is 12.9 Å². The molecule has 0 unspecified atom stereocenters. The first-order valence-electron chi connectivity index (χ1n) is 4.90. The first kappa shape index (κ1) is 12.7. The van der Waals surface area contributed by atoms with Crippen LogP contribution in [0.2, 0.25) is 5.02 Å². The lowest BCUT2D eigenvalue weighted by molar-refractivity contribution is 0.396. The summed E-state index contributed by atoms with van der Waals surface area (Å²) in [5, 5.41) is 3.82. The van der Waals surface area contributed by atoms with Crippen molar-refractivity contribution in [1.82, 2.24) is 5.16 Å². The second kappa shape index (κ2) is 4.51. The van der Waals surface area contributed by atoms with Gasteiger partial charge in [-0.05, 0) is 25.1 Å². The number of sulfonamides is 1. The molecule has 2 aromatic rings. The molecule has 0 radical (unpaired) electrons. The Hall–Kier alpha value is -1.73. The molecule has 0 aliphatic rings. The molecule has 1 heterocycles. The summed E-state index contributed by atoms with van der Waals surface area (Å²) in [6, 6.07) is 6.32. The third-order valence-electron chi connectivity index (χ3n) is 2.18. The summed E-state index contributed by atoms with van der Waals surface area (Å²) in [5.41, 5.74) is 5.80. The minimum absolute atomic E-state index is 0.127. The third-order valence-corrected chi connectivity index (χ3v) is 3.95. The van der Waals surface area contributed by atoms with Crippen LogP contribution in [0.4, 0.5) is 11.5 Å². The lowest BCUT2D eigenvalue weighted by Gasteiger charge is -2.07. The SMILES string of the molecule is Cc1onc(N)c1S(=O)(=O)Nc1cccc(Cl)c1. The van der Waals surface area contributed by atoms with Gasteiger partial charge in [-0.1, -0.05) is 22.8 Å². The first-order valence-corrected chi connectivity index (χ1v) is 6.76. The van der Waals surface area contributed by atoms with Crippen molar-refractivity contribution in [3.63, 3.8) is 0 Å². The van der Waals surface area contributed by atoms with E-state index >= 15 is 0 Å². The molecule has 0 saturated carbocycles. The number of hydrogen-bond acceptors (Lipinski definition) is 5. The smallest absolute Gasteiger partial charge is 0.269 e. The van der Waals surface area contributed by atoms with E-state index in [1.165, 1.54) is 13.0 Å². The molecule has 0 amide bonds. The van der Waals surface area contributed by atoms with Crippen molar-refractivity contribution in [3.8, 4) is 0 Å². The van der Waals surface area contributed by atoms with Crippen LogP contribution in [0.15, 0.2) is 33.7 Å². The summed E-state index contributed by atoms with van der Waals surface area (Å²) in [5.74, 6) is -0.0518. The number of nitrogens with zero attached hydrogens (tertiary/aromatic N) is 1. The van der Waals surface area contributed by atoms with Crippen LogP contribution in [0.25, 0.3) is 0 Å². The molecular weight excluding hydrogens is 278 g/mol. The maximum atomic E-state index is 12.1. The molecule has 96 valence electrons. The molecule has 0 spiro atoms. The standard InChI is InChI=1S/C10H10ClN3O3S/c1-6-9(10(12)13-17-6)18(15,16)14-8-4-2-3-7(11)5-8/h2-5,14H,1H3,(H2,12,13). The molecule has 1 aromatic carbocycles. The number of nitrogens with two attached hydrogens (primary N) is 1. The number of halogens is 1. The maximum Gasteiger partial charge on any atom is 0.269 e. The van der Waals surface area contributed by atoms with Gasteiger partial charge in [-0.2, -0.15) is 0 Å². The Bertz CT molecular complexity index is 662. The van der Waals surface area contributed by atoms with Crippen molar-refractivity contribution in [2.75, 3.05) is 10.5 Å². The van der Waals surface area contributed by atoms with Gasteiger partial charge in [0.25, 0.3) is 10.0 Å². The molecule has 0 aliphatic carbocycles. The second-order valence-corrected chi connectivity index (χ2v) is 5.62. The van der Waals surface area contributed by atoms with Crippen LogP contribution >= 0.6 is 11.6 Å². The summed E-state index contributed by atoms with van der Waals surface area (Å²) < 4.78 is 31.2. The first-order chi connectivity index (χ1) is 8.40. The summed E-state index contributed by atoms with van der Waals surface area (Å²) in [7, 11) is -3.84. The molecule has 0 saturated heterocycles. The molecule has 18 heavy (non-hydrogen) atoms. The van der Waals surface area contributed by atoms with Crippen LogP contribution in [-0.2, 0) is 10.0 Å². The number of anilines is 2. The lowest BCUT2D eigenvalue weighted by Crippen LogP contribution is -2.14. The second-order valence-electron chi connectivity index (χ2n) is 3.57. The number of aryl methyl sites for hydroxylation is 1. The van der Waals surface area contributed by atoms with Gasteiger partial charge in [0, 0.05) is 5.02 Å². The fraction of sp³-hybridized carbons (Fsp3) is 0.100. The Morgan fingerprint density at radius 3 is 2.72 bits per heavy atom. The van der Waals surface area contributed by atoms with Gasteiger partial charge in [-0.15, -0.1) is 0 Å². The highest BCUT2D eigenvalue weighted by molar-refractivity contribution is 7.93. The zero-order chi connectivity index (χ0) is 13.3. The fourth-order valence-corrected chi connectivity index (χ4v) is 2.92. The van der Waals surface area contributed by atoms with E-state index in [-0.39, 0.29) is 16.5 Å². The van der Waals surface area contributed by atoms with Crippen molar-refractivity contribution in [2.45, 2.75) is 11.8 Å². The number of rotatable bonds is 3. The van der Waals surface area contributed by atoms with Gasteiger partial charge in [0.15, 0.2) is 16.5 Å². The van der Waals surface area contributed by atoms with Crippen LogP contribution in [0.5, 0.6) is 0 Å². The van der Waals surface area contributed by atoms with Gasteiger partial charge >= 0.3 is 0 Å². The molecule has 0 atom stereocenters. The number of nitrogens with one attached hydrogen (secondary N) is 1. The Morgan fingerprint density at radius 2 is 2.17 bits per heavy atom. The number of aromatic nitrogens is 1. The van der Waals surface area contributed by atoms with E-state index < -0.39 is 10.0 Å². The Balaban J connectivity index is 2.39. The highest BCUT2D eigenvalue weighted by atomic mass is 35.5. The van der Waals surface area contributed by atoms with E-state index in [9.17, 15) is 8.42 Å². The lowest BCUT2D eigenvalue weighted by atomic mass is 10.3. The molecule has 0 bridgehead atoms. The van der Waals surface area contributed by atoms with Crippen LogP contribution in [0.1, 0.15) is 5.76 Å². The molecule has 3 N–H and O–H groups in total. The highest BCUT2D eigenvalue weighted by Gasteiger charge is 2.25. The number of nitrogen functional groups attached to an aromatic ring is 1. The van der Waals surface area contributed by atoms with Crippen LogP contribution in [0.3, 0.4) is 0 Å². The van der Waals surface area contributed by atoms with Gasteiger partial charge in [-0.25, -0.2) is 8.42 Å². The van der Waals surface area contributed by atoms with Crippen molar-refractivity contribution in [1.29, 1.82) is 0 Å². The minimum atomic E-state index is -3.84. The average Bonchev–Trinajstić information content (AvgIpc) is 2.58. The molecule has 6 nitrogen and oxygen atoms in total. The van der Waals surface area contributed by atoms with Gasteiger partial charge < -0.3 is 10.3 Å². The monoisotopic (exact) mass is 287 g/mol. The zero-order valence-corrected chi connectivity index (χ0v) is 10.9. The highest BCUT2D eigenvalue weighted by Crippen LogP contribution is 2.25. The van der Waals surface area contributed by atoms with Gasteiger partial charge in [-0.3, -0.25) is 4.72 Å². The summed E-state index contributed by atoms with van der Waals surface area (Å²) in [6.07, 6.45) is 0. The molecule has 0 aliphatic heterocycles. The van der Waals surface area contributed by atoms with Crippen molar-refractivity contribution in [3.05, 3.63) is 35.0 Å². The summed E-state index contributed by atoms with van der Waals surface area (Å²) >= 11 is 5.77. The van der Waals surface area contributed by atoms with E-state index in [1.54, 1.807) is 18.2 Å². The quantitative estimate of drug-likeness (QED) is 0.900. The van der Waals surface area contributed by atoms with Crippen LogP contribution in [0, 0.1) is 6.92 Å². The average molecular weight is 288 g/mol. The Labute approximate surface area is 109 Å². The van der Waals surface area contributed by atoms with E-state index in [1.807, 2.05) is 0 Å². The Kier molecular flexibility index (Phi) is 3.18. The van der Waals surface area contributed by atoms with Gasteiger partial charge in [0.05, 0.1) is 5.69 Å².